The number of anilines is 1. The highest BCUT2D eigenvalue weighted by molar-refractivity contribution is 7.99. The molecule has 0 saturated carbocycles. The molecule has 0 aliphatic carbocycles. The summed E-state index contributed by atoms with van der Waals surface area (Å²) in [6.07, 6.45) is -3.25. The van der Waals surface area contributed by atoms with Crippen molar-refractivity contribution in [2.45, 2.75) is 25.2 Å². The zero-order chi connectivity index (χ0) is 14.0. The van der Waals surface area contributed by atoms with Crippen LogP contribution in [0.4, 0.5) is 18.9 Å². The summed E-state index contributed by atoms with van der Waals surface area (Å²) >= 11 is 1.87. The summed E-state index contributed by atoms with van der Waals surface area (Å²) in [5.74, 6) is 2.12. The zero-order valence-electron chi connectivity index (χ0n) is 10.7. The second-order valence-electron chi connectivity index (χ2n) is 4.67. The third-order valence-electron chi connectivity index (χ3n) is 3.46. The fraction of sp³-hybridized carbons (Fsp3) is 0.538. The van der Waals surface area contributed by atoms with E-state index in [1.165, 1.54) is 6.07 Å². The topological polar surface area (TPSA) is 29.3 Å². The molecule has 0 bridgehead atoms. The van der Waals surface area contributed by atoms with Gasteiger partial charge in [-0.15, -0.1) is 0 Å². The van der Waals surface area contributed by atoms with Gasteiger partial charge in [0.15, 0.2) is 0 Å². The Bertz CT molecular complexity index is 442. The molecule has 1 aromatic rings. The molecule has 0 aromatic heterocycles. The minimum atomic E-state index is -4.32. The van der Waals surface area contributed by atoms with Gasteiger partial charge in [0.1, 0.15) is 0 Å². The average Bonchev–Trinajstić information content (AvgIpc) is 2.90. The first-order chi connectivity index (χ1) is 8.93. The van der Waals surface area contributed by atoms with E-state index in [9.17, 15) is 13.2 Å². The predicted molar refractivity (Wildman–Crippen MR) is 73.5 cm³/mol. The van der Waals surface area contributed by atoms with Crippen molar-refractivity contribution in [3.8, 4) is 0 Å². The average molecular weight is 290 g/mol. The Labute approximate surface area is 115 Å². The quantitative estimate of drug-likeness (QED) is 0.927. The SMILES string of the molecule is CN(c1ccc(C(F)(F)F)cc1CN)C1CCSC1. The molecule has 1 unspecified atom stereocenters. The number of thioether (sulfide) groups is 1. The van der Waals surface area contributed by atoms with Crippen molar-refractivity contribution < 1.29 is 13.2 Å². The summed E-state index contributed by atoms with van der Waals surface area (Å²) in [7, 11) is 1.93. The van der Waals surface area contributed by atoms with Crippen molar-refractivity contribution in [1.29, 1.82) is 0 Å². The van der Waals surface area contributed by atoms with Crippen LogP contribution in [0.2, 0.25) is 0 Å². The minimum Gasteiger partial charge on any atom is -0.370 e. The number of hydrogen-bond donors (Lipinski definition) is 1. The number of rotatable bonds is 3. The molecule has 6 heteroatoms. The summed E-state index contributed by atoms with van der Waals surface area (Å²) in [6, 6.07) is 4.21. The van der Waals surface area contributed by atoms with Gasteiger partial charge in [0.25, 0.3) is 0 Å². The van der Waals surface area contributed by atoms with Gasteiger partial charge >= 0.3 is 6.18 Å². The summed E-state index contributed by atoms with van der Waals surface area (Å²) in [5.41, 5.74) is 6.33. The van der Waals surface area contributed by atoms with Crippen molar-refractivity contribution in [1.82, 2.24) is 0 Å². The molecular weight excluding hydrogens is 273 g/mol. The molecule has 1 saturated heterocycles. The van der Waals surface area contributed by atoms with Gasteiger partial charge in [0, 0.05) is 31.1 Å². The molecule has 106 valence electrons. The fourth-order valence-corrected chi connectivity index (χ4v) is 3.56. The number of nitrogens with two attached hydrogens (primary N) is 1. The largest absolute Gasteiger partial charge is 0.416 e. The summed E-state index contributed by atoms with van der Waals surface area (Å²) < 4.78 is 38.0. The predicted octanol–water partition coefficient (Wildman–Crippen LogP) is 3.11. The molecule has 0 spiro atoms. The number of hydrogen-bond acceptors (Lipinski definition) is 3. The molecule has 0 radical (unpaired) electrons. The maximum Gasteiger partial charge on any atom is 0.416 e. The van der Waals surface area contributed by atoms with Crippen LogP contribution < -0.4 is 10.6 Å². The third-order valence-corrected chi connectivity index (χ3v) is 4.60. The van der Waals surface area contributed by atoms with Crippen LogP contribution in [0, 0.1) is 0 Å². The Morgan fingerprint density at radius 3 is 2.68 bits per heavy atom. The van der Waals surface area contributed by atoms with Crippen LogP contribution in [0.1, 0.15) is 17.5 Å². The molecule has 2 nitrogen and oxygen atoms in total. The van der Waals surface area contributed by atoms with Crippen LogP contribution in [-0.2, 0) is 12.7 Å². The first kappa shape index (κ1) is 14.5. The van der Waals surface area contributed by atoms with Gasteiger partial charge in [0.05, 0.1) is 5.56 Å². The molecule has 19 heavy (non-hydrogen) atoms. The highest BCUT2D eigenvalue weighted by Crippen LogP contribution is 2.34. The fourth-order valence-electron chi connectivity index (χ4n) is 2.29. The molecule has 1 aromatic carbocycles. The normalized spacial score (nSPS) is 19.7. The zero-order valence-corrected chi connectivity index (χ0v) is 11.5. The van der Waals surface area contributed by atoms with E-state index in [0.29, 0.717) is 11.6 Å². The lowest BCUT2D eigenvalue weighted by Gasteiger charge is -2.28. The molecule has 1 fully saturated rings. The first-order valence-corrected chi connectivity index (χ1v) is 7.29. The molecule has 2 N–H and O–H groups in total. The molecule has 1 atom stereocenters. The molecule has 0 amide bonds. The lowest BCUT2D eigenvalue weighted by molar-refractivity contribution is -0.137. The van der Waals surface area contributed by atoms with E-state index in [0.717, 1.165) is 35.7 Å². The van der Waals surface area contributed by atoms with E-state index in [1.54, 1.807) is 0 Å². The summed E-state index contributed by atoms with van der Waals surface area (Å²) in [4.78, 5) is 2.06. The van der Waals surface area contributed by atoms with Crippen LogP contribution in [0.25, 0.3) is 0 Å². The van der Waals surface area contributed by atoms with Crippen molar-refractivity contribution in [2.75, 3.05) is 23.5 Å². The van der Waals surface area contributed by atoms with Crippen LogP contribution >= 0.6 is 11.8 Å². The lowest BCUT2D eigenvalue weighted by Crippen LogP contribution is -2.32. The third kappa shape index (κ3) is 3.17. The number of benzene rings is 1. The number of nitrogens with zero attached hydrogens (tertiary/aromatic N) is 1. The van der Waals surface area contributed by atoms with Crippen LogP contribution in [0.3, 0.4) is 0 Å². The van der Waals surface area contributed by atoms with Gasteiger partial charge in [-0.2, -0.15) is 24.9 Å². The van der Waals surface area contributed by atoms with E-state index >= 15 is 0 Å². The first-order valence-electron chi connectivity index (χ1n) is 6.14. The smallest absolute Gasteiger partial charge is 0.370 e. The van der Waals surface area contributed by atoms with Crippen molar-refractivity contribution in [3.05, 3.63) is 29.3 Å². The van der Waals surface area contributed by atoms with Gasteiger partial charge in [0.2, 0.25) is 0 Å². The van der Waals surface area contributed by atoms with Crippen molar-refractivity contribution in [2.24, 2.45) is 5.73 Å². The van der Waals surface area contributed by atoms with Gasteiger partial charge in [-0.1, -0.05) is 0 Å². The van der Waals surface area contributed by atoms with Gasteiger partial charge in [-0.3, -0.25) is 0 Å². The Kier molecular flexibility index (Phi) is 4.30. The molecule has 1 aliphatic heterocycles. The van der Waals surface area contributed by atoms with Gasteiger partial charge in [-0.25, -0.2) is 0 Å². The van der Waals surface area contributed by atoms with Gasteiger partial charge < -0.3 is 10.6 Å². The molecule has 1 heterocycles. The van der Waals surface area contributed by atoms with Crippen LogP contribution in [0.15, 0.2) is 18.2 Å². The van der Waals surface area contributed by atoms with Crippen LogP contribution in [0.5, 0.6) is 0 Å². The molecular formula is C13H17F3N2S. The maximum absolute atomic E-state index is 12.7. The molecule has 1 aliphatic rings. The van der Waals surface area contributed by atoms with Crippen molar-refractivity contribution in [3.63, 3.8) is 0 Å². The second-order valence-corrected chi connectivity index (χ2v) is 5.82. The number of alkyl halides is 3. The highest BCUT2D eigenvalue weighted by atomic mass is 32.2. The van der Waals surface area contributed by atoms with Gasteiger partial charge in [-0.05, 0) is 35.9 Å². The van der Waals surface area contributed by atoms with Crippen molar-refractivity contribution >= 4 is 17.4 Å². The Balaban J connectivity index is 2.30. The Morgan fingerprint density at radius 1 is 1.42 bits per heavy atom. The Morgan fingerprint density at radius 2 is 2.16 bits per heavy atom. The monoisotopic (exact) mass is 290 g/mol. The summed E-state index contributed by atoms with van der Waals surface area (Å²) in [6.45, 7) is 0.115. The minimum absolute atomic E-state index is 0.115. The van der Waals surface area contributed by atoms with E-state index in [2.05, 4.69) is 4.90 Å². The van der Waals surface area contributed by atoms with Crippen LogP contribution in [-0.4, -0.2) is 24.6 Å². The standard InChI is InChI=1S/C13H17F3N2S/c1-18(11-4-5-19-8-11)12-3-2-10(13(14,15)16)6-9(12)7-17/h2-3,6,11H,4-5,7-8,17H2,1H3. The summed E-state index contributed by atoms with van der Waals surface area (Å²) in [5, 5.41) is 0. The van der Waals surface area contributed by atoms with E-state index in [-0.39, 0.29) is 6.54 Å². The molecule has 2 rings (SSSR count). The lowest BCUT2D eigenvalue weighted by atomic mass is 10.1. The maximum atomic E-state index is 12.7. The van der Waals surface area contributed by atoms with E-state index in [1.807, 2.05) is 18.8 Å². The van der Waals surface area contributed by atoms with E-state index in [4.69, 9.17) is 5.73 Å². The Hall–Kier alpha value is -0.880. The second kappa shape index (κ2) is 5.63. The highest BCUT2D eigenvalue weighted by Gasteiger charge is 2.31. The number of halogens is 3. The van der Waals surface area contributed by atoms with E-state index < -0.39 is 11.7 Å².